The Hall–Kier alpha value is -0.870. The molecule has 0 radical (unpaired) electrons. The molecule has 74 valence electrons. The predicted molar refractivity (Wildman–Crippen MR) is 50.3 cm³/mol. The first kappa shape index (κ1) is 10.2. The molecular weight excluding hydrogens is 168 g/mol. The van der Waals surface area contributed by atoms with E-state index in [-0.39, 0.29) is 0 Å². The number of nitrogens with two attached hydrogens (primary N) is 1. The Morgan fingerprint density at radius 1 is 1.54 bits per heavy atom. The lowest BCUT2D eigenvalue weighted by atomic mass is 9.97. The molecule has 4 N–H and O–H groups in total. The fourth-order valence-electron chi connectivity index (χ4n) is 1.40. The number of carboxylic acids is 1. The van der Waals surface area contributed by atoms with E-state index in [1.54, 1.807) is 6.08 Å². The number of rotatable bonds is 3. The molecule has 1 aliphatic heterocycles. The molecule has 13 heavy (non-hydrogen) atoms. The third-order valence-electron chi connectivity index (χ3n) is 2.26. The Kier molecular flexibility index (Phi) is 3.92. The molecule has 4 nitrogen and oxygen atoms in total. The molecule has 4 heteroatoms. The Balaban J connectivity index is 2.33. The standard InChI is InChI=1S/C9H16N2O2/c10-8(9(12)13)2-1-7-3-5-11-6-4-7/h1-2,7-8,11H,3-6,10H2,(H,12,13). The van der Waals surface area contributed by atoms with Crippen molar-refractivity contribution in [3.63, 3.8) is 0 Å². The molecule has 0 aromatic heterocycles. The smallest absolute Gasteiger partial charge is 0.324 e. The van der Waals surface area contributed by atoms with Gasteiger partial charge in [0.1, 0.15) is 6.04 Å². The van der Waals surface area contributed by atoms with Crippen molar-refractivity contribution in [3.8, 4) is 0 Å². The molecule has 0 bridgehead atoms. The van der Waals surface area contributed by atoms with Crippen molar-refractivity contribution in [2.45, 2.75) is 18.9 Å². The van der Waals surface area contributed by atoms with Crippen LogP contribution in [0.2, 0.25) is 0 Å². The van der Waals surface area contributed by atoms with E-state index in [0.29, 0.717) is 5.92 Å². The van der Waals surface area contributed by atoms with E-state index < -0.39 is 12.0 Å². The first-order chi connectivity index (χ1) is 6.20. The molecule has 0 amide bonds. The van der Waals surface area contributed by atoms with Gasteiger partial charge in [-0.25, -0.2) is 0 Å². The summed E-state index contributed by atoms with van der Waals surface area (Å²) in [6.45, 7) is 2.02. The van der Waals surface area contributed by atoms with Gasteiger partial charge in [-0.05, 0) is 31.8 Å². The van der Waals surface area contributed by atoms with Gasteiger partial charge in [0.15, 0.2) is 0 Å². The predicted octanol–water partition coefficient (Wildman–Crippen LogP) is -0.0459. The highest BCUT2D eigenvalue weighted by molar-refractivity contribution is 5.75. The Labute approximate surface area is 77.8 Å². The van der Waals surface area contributed by atoms with Crippen molar-refractivity contribution in [3.05, 3.63) is 12.2 Å². The largest absolute Gasteiger partial charge is 0.480 e. The highest BCUT2D eigenvalue weighted by atomic mass is 16.4. The minimum atomic E-state index is -0.967. The minimum absolute atomic E-state index is 0.492. The van der Waals surface area contributed by atoms with Crippen LogP contribution in [0.1, 0.15) is 12.8 Å². The molecule has 1 rings (SSSR count). The summed E-state index contributed by atoms with van der Waals surface area (Å²) in [6, 6.07) is -0.852. The lowest BCUT2D eigenvalue weighted by Gasteiger charge is -2.19. The van der Waals surface area contributed by atoms with Gasteiger partial charge in [0, 0.05) is 0 Å². The van der Waals surface area contributed by atoms with Gasteiger partial charge in [-0.1, -0.05) is 12.2 Å². The van der Waals surface area contributed by atoms with Crippen LogP contribution in [-0.2, 0) is 4.79 Å². The highest BCUT2D eigenvalue weighted by Crippen LogP contribution is 2.12. The lowest BCUT2D eigenvalue weighted by molar-refractivity contribution is -0.137. The summed E-state index contributed by atoms with van der Waals surface area (Å²) in [5.41, 5.74) is 5.33. The zero-order valence-corrected chi connectivity index (χ0v) is 7.57. The summed E-state index contributed by atoms with van der Waals surface area (Å²) >= 11 is 0. The van der Waals surface area contributed by atoms with Gasteiger partial charge in [-0.3, -0.25) is 4.79 Å². The number of aliphatic carboxylic acids is 1. The van der Waals surface area contributed by atoms with Gasteiger partial charge in [-0.15, -0.1) is 0 Å². The molecule has 1 atom stereocenters. The van der Waals surface area contributed by atoms with Gasteiger partial charge in [0.25, 0.3) is 0 Å². The van der Waals surface area contributed by atoms with E-state index in [0.717, 1.165) is 25.9 Å². The van der Waals surface area contributed by atoms with Crippen molar-refractivity contribution < 1.29 is 9.90 Å². The fourth-order valence-corrected chi connectivity index (χ4v) is 1.40. The first-order valence-electron chi connectivity index (χ1n) is 4.57. The molecular formula is C9H16N2O2. The average Bonchev–Trinajstić information content (AvgIpc) is 2.15. The third-order valence-corrected chi connectivity index (χ3v) is 2.26. The van der Waals surface area contributed by atoms with Crippen molar-refractivity contribution in [1.29, 1.82) is 0 Å². The van der Waals surface area contributed by atoms with Gasteiger partial charge in [0.2, 0.25) is 0 Å². The second kappa shape index (κ2) is 4.99. The number of hydrogen-bond acceptors (Lipinski definition) is 3. The molecule has 1 aliphatic rings. The van der Waals surface area contributed by atoms with E-state index in [1.165, 1.54) is 0 Å². The monoisotopic (exact) mass is 184 g/mol. The summed E-state index contributed by atoms with van der Waals surface area (Å²) < 4.78 is 0. The van der Waals surface area contributed by atoms with Crippen molar-refractivity contribution >= 4 is 5.97 Å². The quantitative estimate of drug-likeness (QED) is 0.538. The maximum absolute atomic E-state index is 10.4. The number of hydrogen-bond donors (Lipinski definition) is 3. The molecule has 1 fully saturated rings. The maximum Gasteiger partial charge on any atom is 0.324 e. The summed E-state index contributed by atoms with van der Waals surface area (Å²) in [5, 5.41) is 11.8. The highest BCUT2D eigenvalue weighted by Gasteiger charge is 2.11. The number of carbonyl (C=O) groups is 1. The van der Waals surface area contributed by atoms with Crippen LogP contribution in [0, 0.1) is 5.92 Å². The fraction of sp³-hybridized carbons (Fsp3) is 0.667. The molecule has 1 saturated heterocycles. The zero-order valence-electron chi connectivity index (χ0n) is 7.57. The second-order valence-corrected chi connectivity index (χ2v) is 3.34. The summed E-state index contributed by atoms with van der Waals surface area (Å²) in [6.07, 6.45) is 5.66. The summed E-state index contributed by atoms with van der Waals surface area (Å²) in [4.78, 5) is 10.4. The van der Waals surface area contributed by atoms with E-state index in [9.17, 15) is 4.79 Å². The van der Waals surface area contributed by atoms with Gasteiger partial charge >= 0.3 is 5.97 Å². The normalized spacial score (nSPS) is 21.9. The van der Waals surface area contributed by atoms with Crippen molar-refractivity contribution in [1.82, 2.24) is 5.32 Å². The van der Waals surface area contributed by atoms with Crippen LogP contribution >= 0.6 is 0 Å². The lowest BCUT2D eigenvalue weighted by Crippen LogP contribution is -2.29. The Bertz CT molecular complexity index is 198. The van der Waals surface area contributed by atoms with Gasteiger partial charge in [0.05, 0.1) is 0 Å². The zero-order chi connectivity index (χ0) is 9.68. The SMILES string of the molecule is NC(C=CC1CCNCC1)C(=O)O. The summed E-state index contributed by atoms with van der Waals surface area (Å²) in [7, 11) is 0. The molecule has 0 saturated carbocycles. The van der Waals surface area contributed by atoms with E-state index in [1.807, 2.05) is 6.08 Å². The molecule has 0 aromatic carbocycles. The van der Waals surface area contributed by atoms with Crippen molar-refractivity contribution in [2.24, 2.45) is 11.7 Å². The van der Waals surface area contributed by atoms with E-state index in [4.69, 9.17) is 10.8 Å². The third kappa shape index (κ3) is 3.57. The summed E-state index contributed by atoms with van der Waals surface area (Å²) in [5.74, 6) is -0.475. The van der Waals surface area contributed by atoms with Crippen LogP contribution in [-0.4, -0.2) is 30.2 Å². The number of nitrogens with one attached hydrogen (secondary N) is 1. The molecule has 0 aromatic rings. The molecule has 1 unspecified atom stereocenters. The molecule has 0 aliphatic carbocycles. The van der Waals surface area contributed by atoms with Crippen LogP contribution < -0.4 is 11.1 Å². The topological polar surface area (TPSA) is 75.3 Å². The number of piperidine rings is 1. The van der Waals surface area contributed by atoms with Crippen LogP contribution in [0.4, 0.5) is 0 Å². The van der Waals surface area contributed by atoms with E-state index >= 15 is 0 Å². The van der Waals surface area contributed by atoms with Gasteiger partial charge in [-0.2, -0.15) is 0 Å². The maximum atomic E-state index is 10.4. The second-order valence-electron chi connectivity index (χ2n) is 3.34. The van der Waals surface area contributed by atoms with E-state index in [2.05, 4.69) is 5.32 Å². The van der Waals surface area contributed by atoms with Crippen LogP contribution in [0.3, 0.4) is 0 Å². The van der Waals surface area contributed by atoms with Crippen LogP contribution in [0.5, 0.6) is 0 Å². The minimum Gasteiger partial charge on any atom is -0.480 e. The first-order valence-corrected chi connectivity index (χ1v) is 4.57. The Morgan fingerprint density at radius 3 is 2.69 bits per heavy atom. The van der Waals surface area contributed by atoms with Crippen LogP contribution in [0.25, 0.3) is 0 Å². The number of carboxylic acid groups (broad SMARTS) is 1. The molecule has 1 heterocycles. The molecule has 0 spiro atoms. The van der Waals surface area contributed by atoms with Crippen molar-refractivity contribution in [2.75, 3.05) is 13.1 Å². The Morgan fingerprint density at radius 2 is 2.15 bits per heavy atom. The number of allylic oxidation sites excluding steroid dienone is 1. The van der Waals surface area contributed by atoms with Crippen LogP contribution in [0.15, 0.2) is 12.2 Å². The average molecular weight is 184 g/mol. The van der Waals surface area contributed by atoms with Gasteiger partial charge < -0.3 is 16.2 Å².